The van der Waals surface area contributed by atoms with Crippen LogP contribution in [0.3, 0.4) is 0 Å². The molecule has 2 aromatic heterocycles. The van der Waals surface area contributed by atoms with Crippen LogP contribution in [-0.4, -0.2) is 37.8 Å². The first-order valence-electron chi connectivity index (χ1n) is 9.00. The Morgan fingerprint density at radius 3 is 2.81 bits per heavy atom. The Labute approximate surface area is 159 Å². The van der Waals surface area contributed by atoms with Crippen LogP contribution >= 0.6 is 11.5 Å². The average Bonchev–Trinajstić information content (AvgIpc) is 3.09. The number of carbonyl (C=O) groups excluding carboxylic acids is 1. The summed E-state index contributed by atoms with van der Waals surface area (Å²) in [5, 5.41) is 0. The first-order chi connectivity index (χ1) is 13.0. The van der Waals surface area contributed by atoms with Gasteiger partial charge in [0.25, 0.3) is 11.5 Å². The van der Waals surface area contributed by atoms with Crippen molar-refractivity contribution < 1.29 is 4.79 Å². The van der Waals surface area contributed by atoms with Crippen LogP contribution < -0.4 is 11.2 Å². The Morgan fingerprint density at radius 2 is 2.07 bits per heavy atom. The van der Waals surface area contributed by atoms with Crippen molar-refractivity contribution >= 4 is 28.5 Å². The van der Waals surface area contributed by atoms with Crippen LogP contribution in [0.2, 0.25) is 0 Å². The number of hydrogen-bond acceptors (Lipinski definition) is 5. The fraction of sp³-hybridized carbons (Fsp3) is 0.368. The van der Waals surface area contributed by atoms with Gasteiger partial charge in [0, 0.05) is 13.1 Å². The molecule has 1 aliphatic rings. The number of aromatic nitrogens is 3. The second-order valence-electron chi connectivity index (χ2n) is 7.04. The van der Waals surface area contributed by atoms with Crippen molar-refractivity contribution in [3.8, 4) is 0 Å². The van der Waals surface area contributed by atoms with Gasteiger partial charge in [-0.05, 0) is 35.9 Å². The molecule has 0 bridgehead atoms. The van der Waals surface area contributed by atoms with Crippen LogP contribution in [0.15, 0.2) is 39.9 Å². The molecular weight excluding hydrogens is 364 g/mol. The minimum atomic E-state index is -0.530. The monoisotopic (exact) mass is 384 g/mol. The predicted molar refractivity (Wildman–Crippen MR) is 104 cm³/mol. The molecular formula is C19H20N4O3S. The Balaban J connectivity index is 1.73. The van der Waals surface area contributed by atoms with Crippen molar-refractivity contribution in [1.29, 1.82) is 0 Å². The number of nitrogens with zero attached hydrogens (tertiary/aromatic N) is 3. The second-order valence-corrected chi connectivity index (χ2v) is 7.81. The molecule has 1 atom stereocenters. The molecule has 1 aromatic carbocycles. The zero-order valence-corrected chi connectivity index (χ0v) is 15.8. The molecule has 3 heterocycles. The number of likely N-dealkylation sites (tertiary alicyclic amines) is 1. The van der Waals surface area contributed by atoms with E-state index in [0.717, 1.165) is 34.5 Å². The summed E-state index contributed by atoms with van der Waals surface area (Å²) in [6, 6.07) is 9.28. The summed E-state index contributed by atoms with van der Waals surface area (Å²) in [7, 11) is 0. The lowest BCUT2D eigenvalue weighted by atomic mass is 10.0. The number of rotatable bonds is 3. The summed E-state index contributed by atoms with van der Waals surface area (Å²) < 4.78 is 5.31. The topological polar surface area (TPSA) is 88.1 Å². The van der Waals surface area contributed by atoms with Crippen LogP contribution in [0.4, 0.5) is 0 Å². The molecule has 0 radical (unpaired) electrons. The van der Waals surface area contributed by atoms with Crippen LogP contribution in [0, 0.1) is 5.92 Å². The molecule has 27 heavy (non-hydrogen) atoms. The summed E-state index contributed by atoms with van der Waals surface area (Å²) in [4.78, 5) is 43.0. The fourth-order valence-electron chi connectivity index (χ4n) is 3.52. The molecule has 1 amide bonds. The lowest BCUT2D eigenvalue weighted by Crippen LogP contribution is -2.39. The van der Waals surface area contributed by atoms with Gasteiger partial charge >= 0.3 is 5.69 Å². The molecule has 8 heteroatoms. The third kappa shape index (κ3) is 3.32. The van der Waals surface area contributed by atoms with Gasteiger partial charge in [0.1, 0.15) is 4.88 Å². The van der Waals surface area contributed by atoms with E-state index in [-0.39, 0.29) is 23.5 Å². The van der Waals surface area contributed by atoms with Crippen LogP contribution in [-0.2, 0) is 6.54 Å². The number of H-pyrrole nitrogens is 1. The number of nitrogens with one attached hydrogen (secondary N) is 1. The van der Waals surface area contributed by atoms with E-state index in [1.54, 1.807) is 4.90 Å². The van der Waals surface area contributed by atoms with Crippen molar-refractivity contribution in [1.82, 2.24) is 18.8 Å². The quantitative estimate of drug-likeness (QED) is 0.749. The third-order valence-electron chi connectivity index (χ3n) is 4.94. The van der Waals surface area contributed by atoms with Gasteiger partial charge in [-0.15, -0.1) is 0 Å². The third-order valence-corrected chi connectivity index (χ3v) is 5.77. The lowest BCUT2D eigenvalue weighted by molar-refractivity contribution is 0.0689. The first-order valence-corrected chi connectivity index (χ1v) is 9.77. The molecule has 7 nitrogen and oxygen atoms in total. The van der Waals surface area contributed by atoms with Crippen molar-refractivity contribution in [3.05, 3.63) is 61.6 Å². The molecule has 0 saturated carbocycles. The van der Waals surface area contributed by atoms with E-state index in [1.165, 1.54) is 0 Å². The van der Waals surface area contributed by atoms with E-state index in [1.807, 2.05) is 30.3 Å². The van der Waals surface area contributed by atoms with Gasteiger partial charge in [0.05, 0.1) is 12.1 Å². The highest BCUT2D eigenvalue weighted by Gasteiger charge is 2.26. The van der Waals surface area contributed by atoms with E-state index < -0.39 is 11.2 Å². The largest absolute Gasteiger partial charge is 0.338 e. The second kappa shape index (κ2) is 7.11. The molecule has 1 aliphatic heterocycles. The molecule has 0 aliphatic carbocycles. The molecule has 1 N–H and O–H groups in total. The molecule has 3 aromatic rings. The summed E-state index contributed by atoms with van der Waals surface area (Å²) >= 11 is 0.979. The number of aromatic amines is 1. The number of benzene rings is 1. The first kappa shape index (κ1) is 17.7. The predicted octanol–water partition coefficient (Wildman–Crippen LogP) is 2.07. The highest BCUT2D eigenvalue weighted by atomic mass is 32.1. The molecule has 1 fully saturated rings. The Hall–Kier alpha value is -2.74. The number of amides is 1. The van der Waals surface area contributed by atoms with Gasteiger partial charge < -0.3 is 9.88 Å². The van der Waals surface area contributed by atoms with Gasteiger partial charge in [0.2, 0.25) is 0 Å². The Bertz CT molecular complexity index is 1100. The SMILES string of the molecule is C[C@@H]1CCCN(C(=O)c2snc3c(=O)n(Cc4ccccc4)c(=O)[nH]c23)C1. The zero-order chi connectivity index (χ0) is 19.0. The highest BCUT2D eigenvalue weighted by Crippen LogP contribution is 2.23. The van der Waals surface area contributed by atoms with E-state index in [9.17, 15) is 14.4 Å². The summed E-state index contributed by atoms with van der Waals surface area (Å²) in [6.45, 7) is 3.66. The van der Waals surface area contributed by atoms with E-state index in [4.69, 9.17) is 0 Å². The number of carbonyl (C=O) groups is 1. The molecule has 4 rings (SSSR count). The maximum atomic E-state index is 12.9. The summed E-state index contributed by atoms with van der Waals surface area (Å²) in [6.07, 6.45) is 2.07. The Morgan fingerprint density at radius 1 is 1.30 bits per heavy atom. The maximum absolute atomic E-state index is 12.9. The average molecular weight is 384 g/mol. The van der Waals surface area contributed by atoms with E-state index in [2.05, 4.69) is 16.3 Å². The zero-order valence-electron chi connectivity index (χ0n) is 15.0. The van der Waals surface area contributed by atoms with Crippen molar-refractivity contribution in [2.24, 2.45) is 5.92 Å². The van der Waals surface area contributed by atoms with Crippen molar-refractivity contribution in [2.75, 3.05) is 13.1 Å². The Kier molecular flexibility index (Phi) is 4.65. The molecule has 1 saturated heterocycles. The minimum Gasteiger partial charge on any atom is -0.338 e. The molecule has 0 spiro atoms. The van der Waals surface area contributed by atoms with E-state index in [0.29, 0.717) is 23.9 Å². The number of hydrogen-bond donors (Lipinski definition) is 1. The number of fused-ring (bicyclic) bond motifs is 1. The van der Waals surface area contributed by atoms with Gasteiger partial charge in [-0.1, -0.05) is 37.3 Å². The van der Waals surface area contributed by atoms with Crippen molar-refractivity contribution in [3.63, 3.8) is 0 Å². The van der Waals surface area contributed by atoms with Crippen LogP contribution in [0.1, 0.15) is 35.0 Å². The molecule has 0 unspecified atom stereocenters. The molecule has 140 valence electrons. The summed E-state index contributed by atoms with van der Waals surface area (Å²) in [5.41, 5.74) is 0.238. The normalized spacial score (nSPS) is 17.4. The van der Waals surface area contributed by atoms with Crippen LogP contribution in [0.5, 0.6) is 0 Å². The summed E-state index contributed by atoms with van der Waals surface area (Å²) in [5.74, 6) is 0.286. The maximum Gasteiger partial charge on any atom is 0.329 e. The van der Waals surface area contributed by atoms with Gasteiger partial charge in [-0.3, -0.25) is 14.2 Å². The van der Waals surface area contributed by atoms with Crippen LogP contribution in [0.25, 0.3) is 11.0 Å². The fourth-order valence-corrected chi connectivity index (χ4v) is 4.32. The number of piperidine rings is 1. The lowest BCUT2D eigenvalue weighted by Gasteiger charge is -2.30. The standard InChI is InChI=1S/C19H20N4O3S/c1-12-6-5-9-22(10-12)18(25)16-14-15(21-27-16)17(24)23(19(26)20-14)11-13-7-3-2-4-8-13/h2-4,7-8,12H,5-6,9-11H2,1H3,(H,20,26)/t12-/m1/s1. The smallest absolute Gasteiger partial charge is 0.329 e. The highest BCUT2D eigenvalue weighted by molar-refractivity contribution is 7.09. The van der Waals surface area contributed by atoms with Gasteiger partial charge in [0.15, 0.2) is 5.52 Å². The van der Waals surface area contributed by atoms with Gasteiger partial charge in [-0.25, -0.2) is 4.79 Å². The van der Waals surface area contributed by atoms with Gasteiger partial charge in [-0.2, -0.15) is 4.37 Å². The van der Waals surface area contributed by atoms with E-state index >= 15 is 0 Å². The minimum absolute atomic E-state index is 0.143. The van der Waals surface area contributed by atoms with Crippen molar-refractivity contribution in [2.45, 2.75) is 26.3 Å².